The summed E-state index contributed by atoms with van der Waals surface area (Å²) in [5.74, 6) is 0. The largest absolute Gasteiger partial charge is 0.309 e. The Bertz CT molecular complexity index is 4450. The van der Waals surface area contributed by atoms with Crippen LogP contribution in [-0.4, -0.2) is 13.7 Å². The lowest BCUT2D eigenvalue weighted by Gasteiger charge is -2.22. The Kier molecular flexibility index (Phi) is 8.71. The molecule has 0 saturated heterocycles. The first kappa shape index (κ1) is 40.7. The van der Waals surface area contributed by atoms with E-state index in [1.54, 1.807) is 0 Å². The van der Waals surface area contributed by atoms with Crippen molar-refractivity contribution in [3.05, 3.63) is 260 Å². The van der Waals surface area contributed by atoms with E-state index in [2.05, 4.69) is 276 Å². The third kappa shape index (κ3) is 5.98. The Labute approximate surface area is 417 Å². The Balaban J connectivity index is 0.900. The lowest BCUT2D eigenvalue weighted by Crippen LogP contribution is -2.15. The van der Waals surface area contributed by atoms with Gasteiger partial charge in [0.2, 0.25) is 0 Å². The summed E-state index contributed by atoms with van der Waals surface area (Å²) >= 11 is 0. The predicted octanol–water partition coefficient (Wildman–Crippen LogP) is 18.3. The second kappa shape index (κ2) is 15.4. The third-order valence-corrected chi connectivity index (χ3v) is 15.8. The van der Waals surface area contributed by atoms with E-state index >= 15 is 0 Å². The molecule has 0 N–H and O–H groups in total. The molecule has 1 aliphatic carbocycles. The van der Waals surface area contributed by atoms with Crippen molar-refractivity contribution in [2.24, 2.45) is 0 Å². The average molecular weight is 918 g/mol. The number of nitrogens with zero attached hydrogens (tertiary/aromatic N) is 3. The standard InChI is InChI=1S/C69H47N3/c1-69(2)61-42-67-59(54-28-13-16-31-64(54)71(67)51-26-18-23-46(38-51)49-36-47(44-19-6-3-7-20-44)35-48(37-49)45-21-8-4-9-22-45)40-56(61)57-41-60-55-29-14-17-32-65(55)72(68(60)43-62(57)69)52-33-34-66-58(39-52)53-27-12-15-30-63(53)70(66)50-24-10-5-11-25-50/h3-43H,1-2H3. The summed E-state index contributed by atoms with van der Waals surface area (Å²) in [6.45, 7) is 4.84. The van der Waals surface area contributed by atoms with Gasteiger partial charge in [0.25, 0.3) is 0 Å². The molecule has 11 aromatic carbocycles. The van der Waals surface area contributed by atoms with Gasteiger partial charge in [-0.15, -0.1) is 0 Å². The molecule has 0 spiro atoms. The molecule has 0 amide bonds. The lowest BCUT2D eigenvalue weighted by molar-refractivity contribution is 0.661. The average Bonchev–Trinajstić information content (AvgIpc) is 4.13. The van der Waals surface area contributed by atoms with Gasteiger partial charge in [-0.1, -0.05) is 159 Å². The molecule has 1 aliphatic rings. The van der Waals surface area contributed by atoms with Gasteiger partial charge in [0.05, 0.1) is 33.1 Å². The molecule has 0 fully saturated rings. The Hall–Kier alpha value is -9.18. The van der Waals surface area contributed by atoms with Gasteiger partial charge >= 0.3 is 0 Å². The quantitative estimate of drug-likeness (QED) is 0.158. The second-order valence-electron chi connectivity index (χ2n) is 20.1. The highest BCUT2D eigenvalue weighted by Gasteiger charge is 2.37. The van der Waals surface area contributed by atoms with Crippen LogP contribution in [0.5, 0.6) is 0 Å². The number of benzene rings is 11. The highest BCUT2D eigenvalue weighted by molar-refractivity contribution is 6.15. The molecule has 0 bridgehead atoms. The van der Waals surface area contributed by atoms with Crippen LogP contribution in [0.4, 0.5) is 0 Å². The molecule has 0 aliphatic heterocycles. The first-order valence-electron chi connectivity index (χ1n) is 25.1. The van der Waals surface area contributed by atoms with Gasteiger partial charge in [0.1, 0.15) is 0 Å². The molecular weight excluding hydrogens is 871 g/mol. The molecule has 14 aromatic rings. The van der Waals surface area contributed by atoms with Gasteiger partial charge in [-0.3, -0.25) is 0 Å². The molecular formula is C69H47N3. The minimum Gasteiger partial charge on any atom is -0.309 e. The molecule has 0 unspecified atom stereocenters. The van der Waals surface area contributed by atoms with Crippen LogP contribution in [0.2, 0.25) is 0 Å². The molecule has 72 heavy (non-hydrogen) atoms. The molecule has 0 radical (unpaired) electrons. The number of rotatable bonds is 6. The lowest BCUT2D eigenvalue weighted by atomic mass is 9.82. The zero-order valence-corrected chi connectivity index (χ0v) is 40.0. The maximum atomic E-state index is 2.51. The Morgan fingerprint density at radius 3 is 1.12 bits per heavy atom. The Morgan fingerprint density at radius 1 is 0.236 bits per heavy atom. The molecule has 0 atom stereocenters. The summed E-state index contributed by atoms with van der Waals surface area (Å²) in [6, 6.07) is 92.1. The first-order chi connectivity index (χ1) is 35.5. The van der Waals surface area contributed by atoms with Gasteiger partial charge in [-0.05, 0) is 159 Å². The van der Waals surface area contributed by atoms with Crippen molar-refractivity contribution in [3.63, 3.8) is 0 Å². The molecule has 3 nitrogen and oxygen atoms in total. The number of hydrogen-bond acceptors (Lipinski definition) is 0. The normalized spacial score (nSPS) is 13.0. The molecule has 3 aromatic heterocycles. The number of fused-ring (bicyclic) bond motifs is 12. The van der Waals surface area contributed by atoms with E-state index < -0.39 is 0 Å². The van der Waals surface area contributed by atoms with Crippen LogP contribution in [0.15, 0.2) is 249 Å². The van der Waals surface area contributed by atoms with E-state index in [0.717, 1.165) is 11.4 Å². The van der Waals surface area contributed by atoms with Crippen molar-refractivity contribution in [3.8, 4) is 61.6 Å². The number of para-hydroxylation sites is 4. The van der Waals surface area contributed by atoms with Crippen molar-refractivity contribution >= 4 is 65.4 Å². The van der Waals surface area contributed by atoms with E-state index in [-0.39, 0.29) is 5.41 Å². The highest BCUT2D eigenvalue weighted by Crippen LogP contribution is 2.53. The monoisotopic (exact) mass is 917 g/mol. The fourth-order valence-corrected chi connectivity index (χ4v) is 12.4. The summed E-state index contributed by atoms with van der Waals surface area (Å²) in [7, 11) is 0. The van der Waals surface area contributed by atoms with Crippen molar-refractivity contribution < 1.29 is 0 Å². The zero-order valence-electron chi connectivity index (χ0n) is 40.0. The van der Waals surface area contributed by atoms with E-state index in [9.17, 15) is 0 Å². The first-order valence-corrected chi connectivity index (χ1v) is 25.1. The SMILES string of the molecule is CC1(C)c2cc3c(cc2-c2cc4c5ccccc5n(-c5ccc6c(c5)c5ccccc5n6-c5ccccc5)c4cc21)c1ccccc1n3-c1cccc(-c2cc(-c3ccccc3)cc(-c3ccccc3)c2)c1. The third-order valence-electron chi connectivity index (χ3n) is 15.8. The fraction of sp³-hybridized carbons (Fsp3) is 0.0435. The van der Waals surface area contributed by atoms with Crippen molar-refractivity contribution in [1.82, 2.24) is 13.7 Å². The van der Waals surface area contributed by atoms with E-state index in [4.69, 9.17) is 0 Å². The van der Waals surface area contributed by atoms with Crippen LogP contribution in [0.3, 0.4) is 0 Å². The molecule has 15 rings (SSSR count). The Morgan fingerprint density at radius 2 is 0.611 bits per heavy atom. The van der Waals surface area contributed by atoms with Gasteiger partial charge in [0, 0.05) is 54.8 Å². The molecule has 338 valence electrons. The minimum absolute atomic E-state index is 0.268. The van der Waals surface area contributed by atoms with Crippen molar-refractivity contribution in [1.29, 1.82) is 0 Å². The van der Waals surface area contributed by atoms with E-state index in [1.165, 1.54) is 127 Å². The predicted molar refractivity (Wildman–Crippen MR) is 303 cm³/mol. The molecule has 0 saturated carbocycles. The maximum Gasteiger partial charge on any atom is 0.0544 e. The van der Waals surface area contributed by atoms with Crippen LogP contribution in [0.25, 0.3) is 127 Å². The summed E-state index contributed by atoms with van der Waals surface area (Å²) in [6.07, 6.45) is 0. The minimum atomic E-state index is -0.268. The second-order valence-corrected chi connectivity index (χ2v) is 20.1. The van der Waals surface area contributed by atoms with Crippen LogP contribution < -0.4 is 0 Å². The van der Waals surface area contributed by atoms with Gasteiger partial charge in [0.15, 0.2) is 0 Å². The van der Waals surface area contributed by atoms with E-state index in [0.29, 0.717) is 0 Å². The van der Waals surface area contributed by atoms with Crippen LogP contribution in [0, 0.1) is 0 Å². The zero-order chi connectivity index (χ0) is 47.7. The van der Waals surface area contributed by atoms with Crippen LogP contribution >= 0.6 is 0 Å². The highest BCUT2D eigenvalue weighted by atomic mass is 15.0. The van der Waals surface area contributed by atoms with Gasteiger partial charge in [-0.25, -0.2) is 0 Å². The summed E-state index contributed by atoms with van der Waals surface area (Å²) in [5, 5.41) is 7.55. The van der Waals surface area contributed by atoms with Crippen molar-refractivity contribution in [2.45, 2.75) is 19.3 Å². The summed E-state index contributed by atoms with van der Waals surface area (Å²) in [5.41, 5.74) is 23.0. The van der Waals surface area contributed by atoms with Crippen molar-refractivity contribution in [2.75, 3.05) is 0 Å². The summed E-state index contributed by atoms with van der Waals surface area (Å²) < 4.78 is 7.39. The molecule has 3 heteroatoms. The summed E-state index contributed by atoms with van der Waals surface area (Å²) in [4.78, 5) is 0. The van der Waals surface area contributed by atoms with Crippen LogP contribution in [-0.2, 0) is 5.41 Å². The number of aromatic nitrogens is 3. The number of hydrogen-bond donors (Lipinski definition) is 0. The fourth-order valence-electron chi connectivity index (χ4n) is 12.4. The maximum absolute atomic E-state index is 2.51. The van der Waals surface area contributed by atoms with Crippen LogP contribution in [0.1, 0.15) is 25.0 Å². The van der Waals surface area contributed by atoms with Gasteiger partial charge in [-0.2, -0.15) is 0 Å². The molecule has 3 heterocycles. The van der Waals surface area contributed by atoms with Gasteiger partial charge < -0.3 is 13.7 Å². The van der Waals surface area contributed by atoms with E-state index in [1.807, 2.05) is 0 Å². The smallest absolute Gasteiger partial charge is 0.0544 e. The topological polar surface area (TPSA) is 14.8 Å².